The number of benzene rings is 1. The smallest absolute Gasteiger partial charge is 0.335 e. The van der Waals surface area contributed by atoms with Gasteiger partial charge >= 0.3 is 18.5 Å². The zero-order chi connectivity index (χ0) is 27.4. The van der Waals surface area contributed by atoms with Gasteiger partial charge in [-0.25, -0.2) is 4.39 Å². The summed E-state index contributed by atoms with van der Waals surface area (Å²) in [5, 5.41) is 0. The molecule has 2 aliphatic rings. The molecule has 1 N–H and O–H groups in total. The van der Waals surface area contributed by atoms with Gasteiger partial charge in [0.2, 0.25) is 11.5 Å². The molecule has 1 fully saturated rings. The Kier molecular flexibility index (Phi) is 6.20. The second-order valence-corrected chi connectivity index (χ2v) is 8.51. The van der Waals surface area contributed by atoms with Crippen molar-refractivity contribution in [2.24, 2.45) is 0 Å². The molecule has 1 amide bonds. The van der Waals surface area contributed by atoms with E-state index in [1.807, 2.05) is 5.48 Å². The molecule has 1 unspecified atom stereocenters. The van der Waals surface area contributed by atoms with Gasteiger partial charge in [0.25, 0.3) is 0 Å². The first-order valence-corrected chi connectivity index (χ1v) is 10.4. The molecule has 0 bridgehead atoms. The van der Waals surface area contributed by atoms with Crippen molar-refractivity contribution in [1.82, 2.24) is 15.4 Å². The summed E-state index contributed by atoms with van der Waals surface area (Å²) >= 11 is 0. The molecule has 3 heterocycles. The van der Waals surface area contributed by atoms with Gasteiger partial charge < -0.3 is 4.90 Å². The number of nitrogens with one attached hydrogen (secondary N) is 1. The van der Waals surface area contributed by atoms with Crippen LogP contribution in [-0.4, -0.2) is 41.2 Å². The number of alkyl halides is 10. The highest BCUT2D eigenvalue weighted by atomic mass is 19.4. The number of carbonyl (C=O) groups excluding carboxylic acids is 1. The maximum absolute atomic E-state index is 15.0. The fraction of sp³-hybridized carbons (Fsp3) is 0.364. The number of amides is 1. The summed E-state index contributed by atoms with van der Waals surface area (Å²) in [7, 11) is 0. The number of hydroxylamine groups is 1. The molecule has 2 aromatic rings. The minimum Gasteiger partial charge on any atom is -0.335 e. The van der Waals surface area contributed by atoms with E-state index in [1.165, 1.54) is 0 Å². The van der Waals surface area contributed by atoms with E-state index in [1.54, 1.807) is 0 Å². The van der Waals surface area contributed by atoms with Gasteiger partial charge in [-0.15, -0.1) is 0 Å². The molecule has 1 saturated heterocycles. The predicted octanol–water partition coefficient (Wildman–Crippen LogP) is 5.39. The largest absolute Gasteiger partial charge is 0.428 e. The van der Waals surface area contributed by atoms with E-state index in [4.69, 9.17) is 4.84 Å². The first-order chi connectivity index (χ1) is 16.9. The fourth-order valence-electron chi connectivity index (χ4n) is 3.91. The van der Waals surface area contributed by atoms with E-state index in [0.717, 1.165) is 30.5 Å². The first kappa shape index (κ1) is 26.7. The summed E-state index contributed by atoms with van der Waals surface area (Å²) in [6.45, 7) is -1.38. The number of hydrogen-bond donors (Lipinski definition) is 1. The third kappa shape index (κ3) is 5.08. The number of carbonyl (C=O) groups is 1. The molecule has 15 heteroatoms. The van der Waals surface area contributed by atoms with Gasteiger partial charge in [-0.1, -0.05) is 12.1 Å². The van der Waals surface area contributed by atoms with Crippen molar-refractivity contribution in [3.63, 3.8) is 0 Å². The van der Waals surface area contributed by atoms with Crippen molar-refractivity contribution in [2.75, 3.05) is 13.1 Å². The van der Waals surface area contributed by atoms with E-state index in [0.29, 0.717) is 23.1 Å². The Hall–Kier alpha value is -3.36. The lowest BCUT2D eigenvalue weighted by Crippen LogP contribution is -2.59. The minimum absolute atomic E-state index is 0.0465. The maximum atomic E-state index is 15.0. The van der Waals surface area contributed by atoms with Crippen molar-refractivity contribution in [3.05, 3.63) is 71.1 Å². The standard InChI is InChI=1S/C22H15F10N3O2/c23-18(10-35(11-18)17(36)8-20(24,25)26)16-5-4-12(9-33-16)15-7-19(37-34-15,22(30,31)32)13-2-1-3-14(6-13)21(27,28)29/h1-7,9,34H,8,10-11H2. The molecule has 0 aliphatic carbocycles. The van der Waals surface area contributed by atoms with Crippen LogP contribution in [-0.2, 0) is 27.1 Å². The summed E-state index contributed by atoms with van der Waals surface area (Å²) in [5.41, 5.74) is -6.32. The van der Waals surface area contributed by atoms with Crippen LogP contribution in [0.1, 0.15) is 28.8 Å². The number of nitrogens with zero attached hydrogens (tertiary/aromatic N) is 2. The van der Waals surface area contributed by atoms with Crippen molar-refractivity contribution in [3.8, 4) is 0 Å². The van der Waals surface area contributed by atoms with E-state index in [2.05, 4.69) is 4.98 Å². The van der Waals surface area contributed by atoms with E-state index >= 15 is 0 Å². The summed E-state index contributed by atoms with van der Waals surface area (Å²) in [6, 6.07) is 4.76. The Morgan fingerprint density at radius 1 is 1.03 bits per heavy atom. The topological polar surface area (TPSA) is 54.5 Å². The second kappa shape index (κ2) is 8.60. The van der Waals surface area contributed by atoms with Crippen LogP contribution in [0.2, 0.25) is 0 Å². The van der Waals surface area contributed by atoms with Gasteiger partial charge in [0.1, 0.15) is 6.42 Å². The monoisotopic (exact) mass is 543 g/mol. The Bertz CT molecular complexity index is 1210. The van der Waals surface area contributed by atoms with Crippen molar-refractivity contribution in [1.29, 1.82) is 0 Å². The van der Waals surface area contributed by atoms with E-state index in [-0.39, 0.29) is 17.0 Å². The van der Waals surface area contributed by atoms with Crippen LogP contribution in [0.5, 0.6) is 0 Å². The highest BCUT2D eigenvalue weighted by molar-refractivity contribution is 5.78. The van der Waals surface area contributed by atoms with Gasteiger partial charge in [-0.3, -0.25) is 20.1 Å². The summed E-state index contributed by atoms with van der Waals surface area (Å²) in [6.07, 6.45) is -15.1. The molecule has 0 saturated carbocycles. The SMILES string of the molecule is O=C(CC(F)(F)F)N1CC(F)(c2ccc(C3=CC(c4cccc(C(F)(F)F)c4)(C(F)(F)F)ON3)cn2)C1. The zero-order valence-corrected chi connectivity index (χ0v) is 18.2. The molecular weight excluding hydrogens is 528 g/mol. The third-order valence-corrected chi connectivity index (χ3v) is 5.83. The molecule has 200 valence electrons. The Morgan fingerprint density at radius 2 is 1.70 bits per heavy atom. The normalized spacial score (nSPS) is 21.8. The van der Waals surface area contributed by atoms with Crippen molar-refractivity contribution in [2.45, 2.75) is 36.2 Å². The number of hydrogen-bond acceptors (Lipinski definition) is 4. The second-order valence-electron chi connectivity index (χ2n) is 8.51. The molecule has 1 aromatic heterocycles. The molecule has 1 aromatic carbocycles. The molecule has 2 aliphatic heterocycles. The highest BCUT2D eigenvalue weighted by Crippen LogP contribution is 2.48. The molecule has 1 atom stereocenters. The van der Waals surface area contributed by atoms with Crippen LogP contribution in [0.25, 0.3) is 5.70 Å². The van der Waals surface area contributed by atoms with Gasteiger partial charge in [-0.2, -0.15) is 39.5 Å². The Labute approximate surface area is 201 Å². The number of rotatable bonds is 4. The quantitative estimate of drug-likeness (QED) is 0.526. The van der Waals surface area contributed by atoms with Crippen molar-refractivity contribution >= 4 is 11.6 Å². The maximum Gasteiger partial charge on any atom is 0.428 e. The van der Waals surface area contributed by atoms with Gasteiger partial charge in [0.05, 0.1) is 30.0 Å². The lowest BCUT2D eigenvalue weighted by Gasteiger charge is -2.44. The Morgan fingerprint density at radius 3 is 2.24 bits per heavy atom. The molecular formula is C22H15F10N3O2. The minimum atomic E-state index is -5.19. The van der Waals surface area contributed by atoms with Gasteiger partial charge in [0, 0.05) is 17.3 Å². The van der Waals surface area contributed by atoms with Gasteiger partial charge in [-0.05, 0) is 30.3 Å². The van der Waals surface area contributed by atoms with Crippen molar-refractivity contribution < 1.29 is 53.5 Å². The van der Waals surface area contributed by atoms with E-state index in [9.17, 15) is 48.7 Å². The van der Waals surface area contributed by atoms with Crippen LogP contribution >= 0.6 is 0 Å². The van der Waals surface area contributed by atoms with Crippen LogP contribution in [0.15, 0.2) is 48.7 Å². The third-order valence-electron chi connectivity index (χ3n) is 5.83. The lowest BCUT2D eigenvalue weighted by molar-refractivity contribution is -0.269. The molecule has 5 nitrogen and oxygen atoms in total. The number of likely N-dealkylation sites (tertiary alicyclic amines) is 1. The average molecular weight is 543 g/mol. The predicted molar refractivity (Wildman–Crippen MR) is 106 cm³/mol. The van der Waals surface area contributed by atoms with Gasteiger partial charge in [0.15, 0.2) is 5.67 Å². The molecule has 37 heavy (non-hydrogen) atoms. The summed E-state index contributed by atoms with van der Waals surface area (Å²) in [4.78, 5) is 20.8. The molecule has 0 spiro atoms. The zero-order valence-electron chi connectivity index (χ0n) is 18.2. The summed E-state index contributed by atoms with van der Waals surface area (Å²) < 4.78 is 133. The lowest BCUT2D eigenvalue weighted by atomic mass is 9.89. The number of halogens is 10. The summed E-state index contributed by atoms with van der Waals surface area (Å²) in [5.74, 6) is -1.31. The van der Waals surface area contributed by atoms with Crippen LogP contribution < -0.4 is 5.48 Å². The van der Waals surface area contributed by atoms with Crippen LogP contribution in [0.3, 0.4) is 0 Å². The fourth-order valence-corrected chi connectivity index (χ4v) is 3.91. The average Bonchev–Trinajstić information content (AvgIpc) is 3.22. The first-order valence-electron chi connectivity index (χ1n) is 10.4. The number of aromatic nitrogens is 1. The number of pyridine rings is 1. The molecule has 0 radical (unpaired) electrons. The highest BCUT2D eigenvalue weighted by Gasteiger charge is 2.60. The molecule has 4 rings (SSSR count). The van der Waals surface area contributed by atoms with Crippen LogP contribution in [0.4, 0.5) is 43.9 Å². The van der Waals surface area contributed by atoms with Crippen LogP contribution in [0, 0.1) is 0 Å². The van der Waals surface area contributed by atoms with E-state index < -0.39 is 66.3 Å². The Balaban J connectivity index is 1.57.